The van der Waals surface area contributed by atoms with E-state index in [-0.39, 0.29) is 17.6 Å². The second-order valence-corrected chi connectivity index (χ2v) is 7.81. The summed E-state index contributed by atoms with van der Waals surface area (Å²) in [4.78, 5) is 24.8. The highest BCUT2D eigenvalue weighted by molar-refractivity contribution is 5.92. The van der Waals surface area contributed by atoms with Crippen LogP contribution in [0.15, 0.2) is 53.1 Å². The number of aryl methyl sites for hydroxylation is 2. The maximum absolute atomic E-state index is 12.7. The molecule has 1 amide bonds. The van der Waals surface area contributed by atoms with Gasteiger partial charge >= 0.3 is 0 Å². The van der Waals surface area contributed by atoms with Gasteiger partial charge in [0.2, 0.25) is 5.91 Å². The highest BCUT2D eigenvalue weighted by Gasteiger charge is 2.18. The Morgan fingerprint density at radius 3 is 2.65 bits per heavy atom. The predicted octanol–water partition coefficient (Wildman–Crippen LogP) is 5.02. The van der Waals surface area contributed by atoms with Gasteiger partial charge < -0.3 is 18.9 Å². The molecule has 9 nitrogen and oxygen atoms in total. The fourth-order valence-electron chi connectivity index (χ4n) is 3.36. The molecule has 178 valence electrons. The van der Waals surface area contributed by atoms with Crippen molar-refractivity contribution in [1.82, 2.24) is 10.1 Å². The Bertz CT molecular complexity index is 1200. The van der Waals surface area contributed by atoms with Gasteiger partial charge in [-0.05, 0) is 50.1 Å². The Balaban J connectivity index is 1.68. The Hall–Kier alpha value is -4.14. The van der Waals surface area contributed by atoms with Gasteiger partial charge in [0.05, 0.1) is 29.3 Å². The Labute approximate surface area is 197 Å². The minimum absolute atomic E-state index is 0.00972. The fraction of sp³-hybridized carbons (Fsp3) is 0.280. The number of likely N-dealkylation sites (N-methyl/N-ethyl adjacent to an activating group) is 1. The summed E-state index contributed by atoms with van der Waals surface area (Å²) in [6.07, 6.45) is 3.13. The lowest BCUT2D eigenvalue weighted by atomic mass is 10.1. The molecule has 0 bridgehead atoms. The summed E-state index contributed by atoms with van der Waals surface area (Å²) in [5.74, 6) is 1.55. The van der Waals surface area contributed by atoms with E-state index in [9.17, 15) is 14.9 Å². The second-order valence-electron chi connectivity index (χ2n) is 7.81. The molecule has 3 rings (SSSR count). The lowest BCUT2D eigenvalue weighted by molar-refractivity contribution is -0.384. The molecule has 0 saturated heterocycles. The summed E-state index contributed by atoms with van der Waals surface area (Å²) in [5, 5.41) is 15.0. The molecule has 9 heteroatoms. The first kappa shape index (κ1) is 24.5. The summed E-state index contributed by atoms with van der Waals surface area (Å²) >= 11 is 0. The number of methoxy groups -OCH3 is 1. The topological polar surface area (TPSA) is 108 Å². The van der Waals surface area contributed by atoms with E-state index in [0.29, 0.717) is 29.4 Å². The van der Waals surface area contributed by atoms with Crippen molar-refractivity contribution in [3.05, 3.63) is 86.8 Å². The lowest BCUT2D eigenvalue weighted by Gasteiger charge is -2.24. The molecule has 0 aliphatic carbocycles. The average molecular weight is 466 g/mol. The quantitative estimate of drug-likeness (QED) is 0.248. The van der Waals surface area contributed by atoms with E-state index in [1.807, 2.05) is 26.8 Å². The molecule has 0 aliphatic heterocycles. The number of aromatic nitrogens is 1. The molecule has 0 fully saturated rings. The number of amides is 1. The van der Waals surface area contributed by atoms with Crippen molar-refractivity contribution in [3.8, 4) is 11.5 Å². The van der Waals surface area contributed by atoms with Crippen LogP contribution >= 0.6 is 0 Å². The van der Waals surface area contributed by atoms with Crippen LogP contribution in [-0.2, 0) is 11.4 Å². The zero-order chi connectivity index (χ0) is 24.8. The van der Waals surface area contributed by atoms with Gasteiger partial charge in [-0.2, -0.15) is 0 Å². The zero-order valence-electron chi connectivity index (χ0n) is 19.8. The number of benzene rings is 2. The van der Waals surface area contributed by atoms with Crippen molar-refractivity contribution >= 4 is 17.7 Å². The van der Waals surface area contributed by atoms with Crippen molar-refractivity contribution in [2.75, 3.05) is 14.2 Å². The van der Waals surface area contributed by atoms with Gasteiger partial charge in [0.15, 0.2) is 11.5 Å². The van der Waals surface area contributed by atoms with Gasteiger partial charge in [0.25, 0.3) is 5.69 Å². The van der Waals surface area contributed by atoms with Crippen LogP contribution in [0.25, 0.3) is 6.08 Å². The molecule has 1 heterocycles. The standard InChI is InChI=1S/C25H27N3O6/c1-16-22(18(3)34-26-16)15-33-23-11-9-19(13-24(23)32-5)10-12-25(29)27(4)17(2)20-7-6-8-21(14-20)28(30)31/h6-14,17H,15H2,1-5H3/b12-10+. The number of carbonyl (C=O) groups excluding carboxylic acids is 1. The highest BCUT2D eigenvalue weighted by Crippen LogP contribution is 2.30. The molecule has 2 aromatic carbocycles. The molecule has 0 radical (unpaired) electrons. The van der Waals surface area contributed by atoms with Crippen molar-refractivity contribution < 1.29 is 23.7 Å². The van der Waals surface area contributed by atoms with Crippen LogP contribution in [0, 0.1) is 24.0 Å². The molecule has 1 atom stereocenters. The van der Waals surface area contributed by atoms with Crippen molar-refractivity contribution in [2.45, 2.75) is 33.4 Å². The number of ether oxygens (including phenoxy) is 2. The Morgan fingerprint density at radius 2 is 2.00 bits per heavy atom. The van der Waals surface area contributed by atoms with Crippen LogP contribution in [-0.4, -0.2) is 35.0 Å². The summed E-state index contributed by atoms with van der Waals surface area (Å²) < 4.78 is 16.5. The van der Waals surface area contributed by atoms with E-state index < -0.39 is 4.92 Å². The summed E-state index contributed by atoms with van der Waals surface area (Å²) in [6, 6.07) is 11.3. The van der Waals surface area contributed by atoms with Crippen LogP contribution in [0.3, 0.4) is 0 Å². The number of carbonyl (C=O) groups is 1. The first-order valence-electron chi connectivity index (χ1n) is 10.6. The Kier molecular flexibility index (Phi) is 7.68. The van der Waals surface area contributed by atoms with Crippen molar-refractivity contribution in [2.24, 2.45) is 0 Å². The maximum Gasteiger partial charge on any atom is 0.269 e. The van der Waals surface area contributed by atoms with Gasteiger partial charge in [0, 0.05) is 25.3 Å². The average Bonchev–Trinajstić information content (AvgIpc) is 3.17. The summed E-state index contributed by atoms with van der Waals surface area (Å²) in [7, 11) is 3.20. The molecular formula is C25H27N3O6. The molecule has 34 heavy (non-hydrogen) atoms. The van der Waals surface area contributed by atoms with E-state index in [0.717, 1.165) is 16.8 Å². The van der Waals surface area contributed by atoms with Gasteiger partial charge in [0.1, 0.15) is 12.4 Å². The predicted molar refractivity (Wildman–Crippen MR) is 127 cm³/mol. The van der Waals surface area contributed by atoms with Crippen LogP contribution < -0.4 is 9.47 Å². The van der Waals surface area contributed by atoms with Crippen LogP contribution in [0.1, 0.15) is 41.1 Å². The minimum Gasteiger partial charge on any atom is -0.493 e. The molecule has 1 aromatic heterocycles. The number of nitro benzene ring substituents is 1. The van der Waals surface area contributed by atoms with E-state index in [2.05, 4.69) is 5.16 Å². The highest BCUT2D eigenvalue weighted by atomic mass is 16.6. The largest absolute Gasteiger partial charge is 0.493 e. The van der Waals surface area contributed by atoms with Gasteiger partial charge in [-0.3, -0.25) is 14.9 Å². The molecule has 0 N–H and O–H groups in total. The third kappa shape index (κ3) is 5.61. The first-order valence-corrected chi connectivity index (χ1v) is 10.6. The number of hydrogen-bond donors (Lipinski definition) is 0. The summed E-state index contributed by atoms with van der Waals surface area (Å²) in [5.41, 5.74) is 3.09. The van der Waals surface area contributed by atoms with E-state index >= 15 is 0 Å². The minimum atomic E-state index is -0.451. The second kappa shape index (κ2) is 10.7. The fourth-order valence-corrected chi connectivity index (χ4v) is 3.36. The number of rotatable bonds is 9. The van der Waals surface area contributed by atoms with Crippen molar-refractivity contribution in [1.29, 1.82) is 0 Å². The van der Waals surface area contributed by atoms with Crippen LogP contribution in [0.2, 0.25) is 0 Å². The van der Waals surface area contributed by atoms with Gasteiger partial charge in [-0.15, -0.1) is 0 Å². The molecule has 0 saturated carbocycles. The molecule has 3 aromatic rings. The number of nitro groups is 1. The first-order chi connectivity index (χ1) is 16.2. The van der Waals surface area contributed by atoms with Gasteiger partial charge in [-0.25, -0.2) is 0 Å². The maximum atomic E-state index is 12.7. The van der Waals surface area contributed by atoms with E-state index in [1.165, 1.54) is 23.1 Å². The van der Waals surface area contributed by atoms with Crippen LogP contribution in [0.4, 0.5) is 5.69 Å². The number of nitrogens with zero attached hydrogens (tertiary/aromatic N) is 3. The zero-order valence-corrected chi connectivity index (χ0v) is 19.8. The normalized spacial score (nSPS) is 11.9. The third-order valence-corrected chi connectivity index (χ3v) is 5.65. The molecule has 0 aliphatic rings. The van der Waals surface area contributed by atoms with Crippen molar-refractivity contribution in [3.63, 3.8) is 0 Å². The van der Waals surface area contributed by atoms with E-state index in [4.69, 9.17) is 14.0 Å². The third-order valence-electron chi connectivity index (χ3n) is 5.65. The summed E-state index contributed by atoms with van der Waals surface area (Å²) in [6.45, 7) is 5.80. The Morgan fingerprint density at radius 1 is 1.24 bits per heavy atom. The molecular weight excluding hydrogens is 438 g/mol. The number of hydrogen-bond acceptors (Lipinski definition) is 7. The lowest BCUT2D eigenvalue weighted by Crippen LogP contribution is -2.28. The van der Waals surface area contributed by atoms with Crippen LogP contribution in [0.5, 0.6) is 11.5 Å². The van der Waals surface area contributed by atoms with E-state index in [1.54, 1.807) is 44.5 Å². The molecule has 1 unspecified atom stereocenters. The monoisotopic (exact) mass is 465 g/mol. The van der Waals surface area contributed by atoms with Gasteiger partial charge in [-0.1, -0.05) is 23.4 Å². The number of non-ortho nitro benzene ring substituents is 1. The smallest absolute Gasteiger partial charge is 0.269 e. The SMILES string of the molecule is COc1cc(/C=C/C(=O)N(C)C(C)c2cccc([N+](=O)[O-])c2)ccc1OCc1c(C)noc1C. The molecule has 0 spiro atoms.